The number of fused-ring (bicyclic) bond motifs is 2. The van der Waals surface area contributed by atoms with Crippen molar-refractivity contribution in [2.24, 2.45) is 16.7 Å². The molecule has 0 bridgehead atoms. The molecule has 1 amide bonds. The van der Waals surface area contributed by atoms with Crippen LogP contribution >= 0.6 is 11.3 Å². The molecule has 2 aromatic rings. The number of hydrogen-bond donors (Lipinski definition) is 3. The molecule has 5 unspecified atom stereocenters. The van der Waals surface area contributed by atoms with Crippen LogP contribution in [0.1, 0.15) is 75.3 Å². The molecule has 3 N–H and O–H groups in total. The average molecular weight is 469 g/mol. The highest BCUT2D eigenvalue weighted by atomic mass is 32.1. The summed E-state index contributed by atoms with van der Waals surface area (Å²) in [5.74, 6) is 0.199. The number of carbonyl (C=O) groups excluding carboxylic acids is 1. The van der Waals surface area contributed by atoms with Crippen LogP contribution in [0.2, 0.25) is 0 Å². The van der Waals surface area contributed by atoms with Gasteiger partial charge in [0, 0.05) is 34.2 Å². The average Bonchev–Trinajstić information content (AvgIpc) is 3.48. The van der Waals surface area contributed by atoms with Crippen molar-refractivity contribution < 1.29 is 15.0 Å². The highest BCUT2D eigenvalue weighted by Crippen LogP contribution is 2.62. The van der Waals surface area contributed by atoms with E-state index in [-0.39, 0.29) is 29.8 Å². The molecule has 3 aliphatic carbocycles. The third kappa shape index (κ3) is 3.94. The predicted molar refractivity (Wildman–Crippen MR) is 131 cm³/mol. The largest absolute Gasteiger partial charge is 0.396 e. The lowest BCUT2D eigenvalue weighted by Gasteiger charge is -2.58. The van der Waals surface area contributed by atoms with Crippen LogP contribution in [0.4, 0.5) is 0 Å². The highest BCUT2D eigenvalue weighted by molar-refractivity contribution is 7.15. The molecule has 2 saturated carbocycles. The van der Waals surface area contributed by atoms with Crippen LogP contribution in [-0.4, -0.2) is 39.9 Å². The van der Waals surface area contributed by atoms with Crippen molar-refractivity contribution in [1.82, 2.24) is 10.3 Å². The van der Waals surface area contributed by atoms with E-state index >= 15 is 0 Å². The fourth-order valence-electron chi connectivity index (χ4n) is 6.89. The Balaban J connectivity index is 1.54. The van der Waals surface area contributed by atoms with E-state index in [9.17, 15) is 15.0 Å². The Hall–Kier alpha value is -1.76. The SMILES string of the molecule is CC1(CO)C(O)CCC2(C)C(CC(=O)NC3CCCC3)c3nc(-c4ccccc4)sc3CC12. The van der Waals surface area contributed by atoms with Gasteiger partial charge in [-0.15, -0.1) is 11.3 Å². The molecular formula is C27H36N2O3S. The Morgan fingerprint density at radius 3 is 2.61 bits per heavy atom. The van der Waals surface area contributed by atoms with Gasteiger partial charge >= 0.3 is 0 Å². The van der Waals surface area contributed by atoms with Gasteiger partial charge in [-0.1, -0.05) is 57.0 Å². The van der Waals surface area contributed by atoms with Gasteiger partial charge in [-0.05, 0) is 43.4 Å². The van der Waals surface area contributed by atoms with E-state index < -0.39 is 11.5 Å². The van der Waals surface area contributed by atoms with Crippen molar-refractivity contribution in [3.05, 3.63) is 40.9 Å². The second kappa shape index (κ2) is 8.79. The van der Waals surface area contributed by atoms with E-state index in [1.165, 1.54) is 17.7 Å². The van der Waals surface area contributed by atoms with Crippen LogP contribution in [0.15, 0.2) is 30.3 Å². The zero-order valence-electron chi connectivity index (χ0n) is 19.7. The minimum atomic E-state index is -0.582. The Bertz CT molecular complexity index is 1000. The number of amides is 1. The van der Waals surface area contributed by atoms with E-state index in [0.29, 0.717) is 18.9 Å². The Morgan fingerprint density at radius 2 is 1.91 bits per heavy atom. The van der Waals surface area contributed by atoms with E-state index in [0.717, 1.165) is 41.9 Å². The molecule has 178 valence electrons. The third-order valence-electron chi connectivity index (χ3n) is 9.02. The lowest BCUT2D eigenvalue weighted by atomic mass is 9.47. The predicted octanol–water partition coefficient (Wildman–Crippen LogP) is 4.67. The first-order chi connectivity index (χ1) is 15.8. The van der Waals surface area contributed by atoms with Crippen LogP contribution in [0, 0.1) is 16.7 Å². The molecule has 5 atom stereocenters. The first-order valence-corrected chi connectivity index (χ1v) is 13.3. The fourth-order valence-corrected chi connectivity index (χ4v) is 8.07. The van der Waals surface area contributed by atoms with Gasteiger partial charge in [0.2, 0.25) is 5.91 Å². The smallest absolute Gasteiger partial charge is 0.220 e. The number of carbonyl (C=O) groups is 1. The topological polar surface area (TPSA) is 82.5 Å². The Kier molecular flexibility index (Phi) is 6.13. The second-order valence-electron chi connectivity index (χ2n) is 11.0. The third-order valence-corrected chi connectivity index (χ3v) is 10.2. The standard InChI is InChI=1S/C27H36N2O3S/c1-26-13-12-22(31)27(2,16-30)21(26)15-20-24(29-25(33-20)17-8-4-3-5-9-17)19(26)14-23(32)28-18-10-6-7-11-18/h3-5,8-9,18-19,21-22,30-31H,6-7,10-16H2,1-2H3,(H,28,32). The summed E-state index contributed by atoms with van der Waals surface area (Å²) < 4.78 is 0. The minimum absolute atomic E-state index is 0.0141. The van der Waals surface area contributed by atoms with Crippen LogP contribution in [0.3, 0.4) is 0 Å². The Morgan fingerprint density at radius 1 is 1.18 bits per heavy atom. The zero-order chi connectivity index (χ0) is 23.2. The molecule has 1 aromatic carbocycles. The molecule has 6 heteroatoms. The van der Waals surface area contributed by atoms with Gasteiger partial charge in [-0.2, -0.15) is 0 Å². The molecule has 5 rings (SSSR count). The van der Waals surface area contributed by atoms with Crippen LogP contribution in [0.5, 0.6) is 0 Å². The zero-order valence-corrected chi connectivity index (χ0v) is 20.5. The summed E-state index contributed by atoms with van der Waals surface area (Å²) in [6.07, 6.45) is 6.71. The van der Waals surface area contributed by atoms with E-state index in [1.807, 2.05) is 25.1 Å². The summed E-state index contributed by atoms with van der Waals surface area (Å²) in [5.41, 5.74) is 1.39. The first kappa shape index (κ1) is 23.0. The molecule has 0 spiro atoms. The number of rotatable bonds is 5. The summed E-state index contributed by atoms with van der Waals surface area (Å²) in [6.45, 7) is 4.25. The maximum absolute atomic E-state index is 13.2. The van der Waals surface area contributed by atoms with Gasteiger partial charge < -0.3 is 15.5 Å². The summed E-state index contributed by atoms with van der Waals surface area (Å²) in [6, 6.07) is 10.5. The molecule has 2 fully saturated rings. The Labute approximate surface area is 200 Å². The summed E-state index contributed by atoms with van der Waals surface area (Å²) >= 11 is 1.71. The number of benzene rings is 1. The van der Waals surface area contributed by atoms with Gasteiger partial charge in [0.15, 0.2) is 0 Å². The van der Waals surface area contributed by atoms with Crippen molar-refractivity contribution in [3.63, 3.8) is 0 Å². The molecule has 5 nitrogen and oxygen atoms in total. The monoisotopic (exact) mass is 468 g/mol. The summed E-state index contributed by atoms with van der Waals surface area (Å²) in [4.78, 5) is 19.6. The maximum Gasteiger partial charge on any atom is 0.220 e. The van der Waals surface area contributed by atoms with Gasteiger partial charge in [-0.25, -0.2) is 4.98 Å². The van der Waals surface area contributed by atoms with E-state index in [1.54, 1.807) is 11.3 Å². The van der Waals surface area contributed by atoms with E-state index in [2.05, 4.69) is 24.4 Å². The molecular weight excluding hydrogens is 432 g/mol. The first-order valence-electron chi connectivity index (χ1n) is 12.5. The number of aliphatic hydroxyl groups excluding tert-OH is 2. The number of nitrogens with zero attached hydrogens (tertiary/aromatic N) is 1. The summed E-state index contributed by atoms with van der Waals surface area (Å²) in [5, 5.41) is 25.6. The lowest BCUT2D eigenvalue weighted by Crippen LogP contribution is -2.57. The fraction of sp³-hybridized carbons (Fsp3) is 0.630. The van der Waals surface area contributed by atoms with Crippen molar-refractivity contribution in [1.29, 1.82) is 0 Å². The van der Waals surface area contributed by atoms with Gasteiger partial charge in [0.1, 0.15) is 5.01 Å². The summed E-state index contributed by atoms with van der Waals surface area (Å²) in [7, 11) is 0. The number of hydrogen-bond acceptors (Lipinski definition) is 5. The van der Waals surface area contributed by atoms with Crippen molar-refractivity contribution in [2.45, 2.75) is 83.3 Å². The number of aliphatic hydroxyl groups is 2. The van der Waals surface area contributed by atoms with E-state index in [4.69, 9.17) is 4.98 Å². The van der Waals surface area contributed by atoms with Gasteiger partial charge in [0.25, 0.3) is 0 Å². The van der Waals surface area contributed by atoms with Gasteiger partial charge in [0.05, 0.1) is 18.4 Å². The van der Waals surface area contributed by atoms with Crippen LogP contribution in [0.25, 0.3) is 10.6 Å². The van der Waals surface area contributed by atoms with Crippen molar-refractivity contribution in [2.75, 3.05) is 6.61 Å². The minimum Gasteiger partial charge on any atom is -0.396 e. The number of thiazole rings is 1. The number of aromatic nitrogens is 1. The molecule has 0 radical (unpaired) electrons. The molecule has 3 aliphatic rings. The van der Waals surface area contributed by atoms with Crippen LogP contribution < -0.4 is 5.32 Å². The highest BCUT2D eigenvalue weighted by Gasteiger charge is 2.59. The second-order valence-corrected chi connectivity index (χ2v) is 12.1. The lowest BCUT2D eigenvalue weighted by molar-refractivity contribution is -0.144. The molecule has 0 saturated heterocycles. The molecule has 0 aliphatic heterocycles. The molecule has 1 aromatic heterocycles. The molecule has 1 heterocycles. The molecule has 33 heavy (non-hydrogen) atoms. The maximum atomic E-state index is 13.2. The quantitative estimate of drug-likeness (QED) is 0.595. The number of nitrogens with one attached hydrogen (secondary N) is 1. The normalized spacial score (nSPS) is 34.0. The van der Waals surface area contributed by atoms with Gasteiger partial charge in [-0.3, -0.25) is 4.79 Å². The van der Waals surface area contributed by atoms with Crippen molar-refractivity contribution in [3.8, 4) is 10.6 Å². The van der Waals surface area contributed by atoms with Crippen molar-refractivity contribution >= 4 is 17.2 Å². The van der Waals surface area contributed by atoms with Crippen LogP contribution in [-0.2, 0) is 11.2 Å².